The second-order valence-corrected chi connectivity index (χ2v) is 6.62. The van der Waals surface area contributed by atoms with Gasteiger partial charge in [-0.1, -0.05) is 12.1 Å². The summed E-state index contributed by atoms with van der Waals surface area (Å²) in [5, 5.41) is 11.4. The third-order valence-corrected chi connectivity index (χ3v) is 4.21. The van der Waals surface area contributed by atoms with E-state index in [-0.39, 0.29) is 13.0 Å². The SMILES string of the molecule is O=C(C[C@H](CN1CC[C@H](O)C1)c1cccc(OC(F)(F)F)c1)NCC(F)(F)F. The second-order valence-electron chi connectivity index (χ2n) is 6.62. The third-order valence-electron chi connectivity index (χ3n) is 4.21. The van der Waals surface area contributed by atoms with Crippen LogP contribution in [0.25, 0.3) is 0 Å². The number of nitrogens with zero attached hydrogens (tertiary/aromatic N) is 1. The number of aliphatic hydroxyl groups is 1. The van der Waals surface area contributed by atoms with E-state index in [1.165, 1.54) is 12.1 Å². The summed E-state index contributed by atoms with van der Waals surface area (Å²) >= 11 is 0. The number of likely N-dealkylation sites (tertiary alicyclic amines) is 1. The highest BCUT2D eigenvalue weighted by molar-refractivity contribution is 5.77. The summed E-state index contributed by atoms with van der Waals surface area (Å²) in [5.41, 5.74) is 0.324. The monoisotopic (exact) mass is 414 g/mol. The van der Waals surface area contributed by atoms with E-state index in [0.717, 1.165) is 12.1 Å². The number of nitrogens with one attached hydrogen (secondary N) is 1. The number of hydrogen-bond donors (Lipinski definition) is 2. The fraction of sp³-hybridized carbons (Fsp3) is 0.588. The summed E-state index contributed by atoms with van der Waals surface area (Å²) in [5.74, 6) is -2.02. The van der Waals surface area contributed by atoms with Gasteiger partial charge in [-0.3, -0.25) is 4.79 Å². The first-order valence-corrected chi connectivity index (χ1v) is 8.51. The Balaban J connectivity index is 2.13. The quantitative estimate of drug-likeness (QED) is 0.674. The lowest BCUT2D eigenvalue weighted by atomic mass is 9.94. The molecule has 2 atom stereocenters. The van der Waals surface area contributed by atoms with E-state index < -0.39 is 42.8 Å². The summed E-state index contributed by atoms with van der Waals surface area (Å²) in [6, 6.07) is 5.01. The van der Waals surface area contributed by atoms with Crippen molar-refractivity contribution in [1.29, 1.82) is 0 Å². The molecule has 11 heteroatoms. The van der Waals surface area contributed by atoms with E-state index in [4.69, 9.17) is 0 Å². The second kappa shape index (κ2) is 8.99. The lowest BCUT2D eigenvalue weighted by Crippen LogP contribution is -2.36. The molecule has 0 spiro atoms. The molecular formula is C17H20F6N2O3. The van der Waals surface area contributed by atoms with Gasteiger partial charge in [0.15, 0.2) is 0 Å². The molecule has 1 heterocycles. The molecule has 1 aliphatic heterocycles. The predicted octanol–water partition coefficient (Wildman–Crippen LogP) is 2.80. The summed E-state index contributed by atoms with van der Waals surface area (Å²) in [6.07, 6.45) is -9.86. The Morgan fingerprint density at radius 3 is 2.57 bits per heavy atom. The van der Waals surface area contributed by atoms with Crippen molar-refractivity contribution in [3.8, 4) is 5.75 Å². The Morgan fingerprint density at radius 2 is 2.00 bits per heavy atom. The zero-order chi connectivity index (χ0) is 20.9. The number of rotatable bonds is 7. The summed E-state index contributed by atoms with van der Waals surface area (Å²) in [7, 11) is 0. The Morgan fingerprint density at radius 1 is 1.29 bits per heavy atom. The number of β-amino-alcohol motifs (C(OH)–C–C–N with tert-alkyl or cyclic N) is 1. The molecule has 0 saturated carbocycles. The number of carbonyl (C=O) groups excluding carboxylic acids is 1. The highest BCUT2D eigenvalue weighted by atomic mass is 19.4. The Bertz CT molecular complexity index is 665. The van der Waals surface area contributed by atoms with Gasteiger partial charge in [-0.2, -0.15) is 13.2 Å². The van der Waals surface area contributed by atoms with Crippen LogP contribution in [0.2, 0.25) is 0 Å². The maximum Gasteiger partial charge on any atom is 0.573 e. The molecule has 5 nitrogen and oxygen atoms in total. The number of ether oxygens (including phenoxy) is 1. The van der Waals surface area contributed by atoms with Gasteiger partial charge in [-0.15, -0.1) is 13.2 Å². The van der Waals surface area contributed by atoms with Gasteiger partial charge < -0.3 is 20.1 Å². The van der Waals surface area contributed by atoms with Crippen molar-refractivity contribution in [2.75, 3.05) is 26.2 Å². The first kappa shape index (κ1) is 22.3. The van der Waals surface area contributed by atoms with Gasteiger partial charge in [-0.25, -0.2) is 0 Å². The molecular weight excluding hydrogens is 394 g/mol. The van der Waals surface area contributed by atoms with Crippen LogP contribution >= 0.6 is 0 Å². The fourth-order valence-electron chi connectivity index (χ4n) is 3.04. The smallest absolute Gasteiger partial charge is 0.406 e. The van der Waals surface area contributed by atoms with Gasteiger partial charge in [0.1, 0.15) is 12.3 Å². The third kappa shape index (κ3) is 7.93. The molecule has 1 aromatic rings. The van der Waals surface area contributed by atoms with Crippen molar-refractivity contribution in [1.82, 2.24) is 10.2 Å². The molecule has 0 aromatic heterocycles. The standard InChI is InChI=1S/C17H20F6N2O3/c18-16(19,20)10-24-15(27)7-12(8-25-5-4-13(26)9-25)11-2-1-3-14(6-11)28-17(21,22)23/h1-3,6,12-13,26H,4-5,7-10H2,(H,24,27)/t12-,13+/m1/s1. The minimum Gasteiger partial charge on any atom is -0.406 e. The normalized spacial score (nSPS) is 19.5. The van der Waals surface area contributed by atoms with Gasteiger partial charge in [0.05, 0.1) is 6.10 Å². The van der Waals surface area contributed by atoms with E-state index >= 15 is 0 Å². The highest BCUT2D eigenvalue weighted by Crippen LogP contribution is 2.29. The molecule has 1 saturated heterocycles. The van der Waals surface area contributed by atoms with Crippen LogP contribution in [0.3, 0.4) is 0 Å². The lowest BCUT2D eigenvalue weighted by molar-refractivity contribution is -0.274. The average molecular weight is 414 g/mol. The minimum atomic E-state index is -4.89. The van der Waals surface area contributed by atoms with E-state index in [0.29, 0.717) is 25.1 Å². The average Bonchev–Trinajstić information content (AvgIpc) is 2.95. The van der Waals surface area contributed by atoms with Gasteiger partial charge in [0, 0.05) is 32.0 Å². The molecule has 28 heavy (non-hydrogen) atoms. The Hall–Kier alpha value is -2.01. The number of aliphatic hydroxyl groups excluding tert-OH is 1. The van der Waals surface area contributed by atoms with E-state index in [1.807, 2.05) is 4.90 Å². The number of alkyl halides is 6. The molecule has 0 radical (unpaired) electrons. The largest absolute Gasteiger partial charge is 0.573 e. The maximum absolute atomic E-state index is 12.4. The molecule has 1 amide bonds. The zero-order valence-corrected chi connectivity index (χ0v) is 14.7. The highest BCUT2D eigenvalue weighted by Gasteiger charge is 2.32. The molecule has 0 unspecified atom stereocenters. The van der Waals surface area contributed by atoms with Crippen LogP contribution in [0.1, 0.15) is 24.3 Å². The summed E-state index contributed by atoms with van der Waals surface area (Å²) in [4.78, 5) is 13.7. The molecule has 2 rings (SSSR count). The van der Waals surface area contributed by atoms with Crippen LogP contribution in [-0.4, -0.2) is 60.7 Å². The van der Waals surface area contributed by atoms with Crippen molar-refractivity contribution in [3.05, 3.63) is 29.8 Å². The van der Waals surface area contributed by atoms with E-state index in [9.17, 15) is 36.2 Å². The van der Waals surface area contributed by atoms with Crippen LogP contribution in [0, 0.1) is 0 Å². The number of hydrogen-bond acceptors (Lipinski definition) is 4. The number of halogens is 6. The zero-order valence-electron chi connectivity index (χ0n) is 14.7. The van der Waals surface area contributed by atoms with Crippen LogP contribution in [0.4, 0.5) is 26.3 Å². The molecule has 1 aliphatic rings. The minimum absolute atomic E-state index is 0.200. The lowest BCUT2D eigenvalue weighted by Gasteiger charge is -2.24. The predicted molar refractivity (Wildman–Crippen MR) is 86.6 cm³/mol. The maximum atomic E-state index is 12.4. The fourth-order valence-corrected chi connectivity index (χ4v) is 3.04. The van der Waals surface area contributed by atoms with Crippen molar-refractivity contribution in [2.45, 2.75) is 37.4 Å². The molecule has 2 N–H and O–H groups in total. The van der Waals surface area contributed by atoms with E-state index in [2.05, 4.69) is 4.74 Å². The van der Waals surface area contributed by atoms with Crippen molar-refractivity contribution < 1.29 is 41.0 Å². The molecule has 158 valence electrons. The first-order valence-electron chi connectivity index (χ1n) is 8.51. The van der Waals surface area contributed by atoms with E-state index in [1.54, 1.807) is 5.32 Å². The van der Waals surface area contributed by atoms with Gasteiger partial charge in [0.2, 0.25) is 5.91 Å². The van der Waals surface area contributed by atoms with Crippen molar-refractivity contribution in [2.24, 2.45) is 0 Å². The Kier molecular flexibility index (Phi) is 7.16. The number of carbonyl (C=O) groups is 1. The number of amides is 1. The van der Waals surface area contributed by atoms with Crippen LogP contribution < -0.4 is 10.1 Å². The topological polar surface area (TPSA) is 61.8 Å². The number of benzene rings is 1. The summed E-state index contributed by atoms with van der Waals surface area (Å²) in [6.45, 7) is -0.454. The van der Waals surface area contributed by atoms with Crippen molar-refractivity contribution in [3.63, 3.8) is 0 Å². The van der Waals surface area contributed by atoms with Crippen LogP contribution in [-0.2, 0) is 4.79 Å². The van der Waals surface area contributed by atoms with Crippen LogP contribution in [0.15, 0.2) is 24.3 Å². The van der Waals surface area contributed by atoms with Gasteiger partial charge >= 0.3 is 12.5 Å². The molecule has 0 bridgehead atoms. The van der Waals surface area contributed by atoms with Crippen molar-refractivity contribution >= 4 is 5.91 Å². The van der Waals surface area contributed by atoms with Gasteiger partial charge in [0.25, 0.3) is 0 Å². The van der Waals surface area contributed by atoms with Gasteiger partial charge in [-0.05, 0) is 24.1 Å². The summed E-state index contributed by atoms with van der Waals surface area (Å²) < 4.78 is 78.0. The Labute approximate surface area is 157 Å². The molecule has 1 fully saturated rings. The molecule has 0 aliphatic carbocycles. The first-order chi connectivity index (χ1) is 12.9. The molecule has 1 aromatic carbocycles. The van der Waals surface area contributed by atoms with Crippen LogP contribution in [0.5, 0.6) is 5.75 Å².